The Balaban J connectivity index is 1.41. The fraction of sp³-hybridized carbons (Fsp3) is 0.238. The molecular weight excluding hydrogens is 324 g/mol. The Morgan fingerprint density at radius 3 is 3.08 bits per heavy atom. The van der Waals surface area contributed by atoms with E-state index in [1.807, 2.05) is 18.3 Å². The van der Waals surface area contributed by atoms with Crippen LogP contribution < -0.4 is 0 Å². The molecule has 5 rings (SSSR count). The molecule has 0 fully saturated rings. The molecule has 5 heteroatoms. The second-order valence-electron chi connectivity index (χ2n) is 6.91. The number of nitrogens with one attached hydrogen (secondary N) is 1. The molecule has 1 N–H and O–H groups in total. The molecule has 0 amide bonds. The summed E-state index contributed by atoms with van der Waals surface area (Å²) in [5, 5.41) is 1.31. The first-order valence-corrected chi connectivity index (χ1v) is 8.94. The van der Waals surface area contributed by atoms with Crippen molar-refractivity contribution in [2.24, 2.45) is 0 Å². The van der Waals surface area contributed by atoms with Crippen LogP contribution in [0.3, 0.4) is 0 Å². The highest BCUT2D eigenvalue weighted by atomic mass is 16.3. The van der Waals surface area contributed by atoms with E-state index in [0.29, 0.717) is 5.82 Å². The molecule has 1 aliphatic rings. The van der Waals surface area contributed by atoms with Crippen LogP contribution in [0.2, 0.25) is 0 Å². The van der Waals surface area contributed by atoms with Gasteiger partial charge < -0.3 is 9.40 Å². The lowest BCUT2D eigenvalue weighted by Crippen LogP contribution is -2.31. The highest BCUT2D eigenvalue weighted by Gasteiger charge is 2.20. The van der Waals surface area contributed by atoms with Crippen molar-refractivity contribution < 1.29 is 4.42 Å². The van der Waals surface area contributed by atoms with Crippen LogP contribution >= 0.6 is 0 Å². The SMILES string of the molecule is Cc1cccc2c(CN3CCc4cnc(-c5ccco5)nc4C3)c[nH]c12. The molecule has 4 aromatic rings. The fourth-order valence-electron chi connectivity index (χ4n) is 3.75. The molecule has 1 aliphatic heterocycles. The minimum atomic E-state index is 0.665. The van der Waals surface area contributed by atoms with Crippen LogP contribution in [0, 0.1) is 6.92 Å². The standard InChI is InChI=1S/C21H20N4O/c1-14-4-2-5-17-16(11-22-20(14)17)12-25-8-7-15-10-23-21(24-18(15)13-25)19-6-3-9-26-19/h2-6,9-11,22H,7-8,12-13H2,1H3. The molecule has 3 aromatic heterocycles. The van der Waals surface area contributed by atoms with Crippen molar-refractivity contribution in [3.05, 3.63) is 71.4 Å². The number of aromatic amines is 1. The summed E-state index contributed by atoms with van der Waals surface area (Å²) in [5.74, 6) is 1.38. The van der Waals surface area contributed by atoms with Gasteiger partial charge in [-0.25, -0.2) is 9.97 Å². The van der Waals surface area contributed by atoms with Gasteiger partial charge in [-0.1, -0.05) is 18.2 Å². The number of aryl methyl sites for hydroxylation is 1. The largest absolute Gasteiger partial charge is 0.461 e. The summed E-state index contributed by atoms with van der Waals surface area (Å²) in [6.07, 6.45) is 6.73. The monoisotopic (exact) mass is 344 g/mol. The van der Waals surface area contributed by atoms with E-state index < -0.39 is 0 Å². The van der Waals surface area contributed by atoms with Crippen LogP contribution in [-0.2, 0) is 19.5 Å². The van der Waals surface area contributed by atoms with E-state index in [4.69, 9.17) is 9.40 Å². The zero-order chi connectivity index (χ0) is 17.5. The number of rotatable bonds is 3. The van der Waals surface area contributed by atoms with Crippen LogP contribution in [0.25, 0.3) is 22.5 Å². The van der Waals surface area contributed by atoms with E-state index >= 15 is 0 Å². The van der Waals surface area contributed by atoms with Gasteiger partial charge in [0.15, 0.2) is 11.6 Å². The quantitative estimate of drug-likeness (QED) is 0.608. The van der Waals surface area contributed by atoms with Crippen molar-refractivity contribution in [1.29, 1.82) is 0 Å². The van der Waals surface area contributed by atoms with Crippen LogP contribution in [0.15, 0.2) is 53.4 Å². The van der Waals surface area contributed by atoms with Crippen LogP contribution in [0.1, 0.15) is 22.4 Å². The summed E-state index contributed by atoms with van der Waals surface area (Å²) in [4.78, 5) is 15.1. The Morgan fingerprint density at radius 2 is 2.19 bits per heavy atom. The van der Waals surface area contributed by atoms with Crippen molar-refractivity contribution in [3.8, 4) is 11.6 Å². The number of fused-ring (bicyclic) bond motifs is 2. The zero-order valence-electron chi connectivity index (χ0n) is 14.7. The van der Waals surface area contributed by atoms with Gasteiger partial charge in [0.25, 0.3) is 0 Å². The Morgan fingerprint density at radius 1 is 1.23 bits per heavy atom. The Bertz CT molecular complexity index is 1070. The predicted molar refractivity (Wildman–Crippen MR) is 101 cm³/mol. The lowest BCUT2D eigenvalue weighted by Gasteiger charge is -2.27. The summed E-state index contributed by atoms with van der Waals surface area (Å²) >= 11 is 0. The third-order valence-electron chi connectivity index (χ3n) is 5.17. The molecule has 0 aliphatic carbocycles. The van der Waals surface area contributed by atoms with Gasteiger partial charge in [0.05, 0.1) is 12.0 Å². The molecule has 0 atom stereocenters. The number of H-pyrrole nitrogens is 1. The summed E-state index contributed by atoms with van der Waals surface area (Å²) in [5.41, 5.74) is 6.21. The highest BCUT2D eigenvalue weighted by Crippen LogP contribution is 2.26. The molecular formula is C21H20N4O. The molecule has 1 aromatic carbocycles. The normalized spacial score (nSPS) is 14.7. The van der Waals surface area contributed by atoms with E-state index in [1.165, 1.54) is 27.6 Å². The Hall–Kier alpha value is -2.92. The molecule has 130 valence electrons. The van der Waals surface area contributed by atoms with Crippen LogP contribution in [0.4, 0.5) is 0 Å². The van der Waals surface area contributed by atoms with Gasteiger partial charge in [0.2, 0.25) is 0 Å². The molecule has 0 spiro atoms. The maximum Gasteiger partial charge on any atom is 0.195 e. The average Bonchev–Trinajstić information content (AvgIpc) is 3.32. The summed E-state index contributed by atoms with van der Waals surface area (Å²) < 4.78 is 5.44. The summed E-state index contributed by atoms with van der Waals surface area (Å²) in [7, 11) is 0. The van der Waals surface area contributed by atoms with E-state index in [1.54, 1.807) is 6.26 Å². The third kappa shape index (κ3) is 2.61. The number of benzene rings is 1. The van der Waals surface area contributed by atoms with Gasteiger partial charge in [-0.3, -0.25) is 4.90 Å². The van der Waals surface area contributed by atoms with Crippen LogP contribution in [0.5, 0.6) is 0 Å². The lowest BCUT2D eigenvalue weighted by atomic mass is 10.0. The van der Waals surface area contributed by atoms with Gasteiger partial charge in [-0.2, -0.15) is 0 Å². The predicted octanol–water partition coefficient (Wildman–Crippen LogP) is 4.08. The maximum atomic E-state index is 5.44. The number of para-hydroxylation sites is 1. The molecule has 0 saturated heterocycles. The summed E-state index contributed by atoms with van der Waals surface area (Å²) in [6, 6.07) is 10.2. The molecule has 26 heavy (non-hydrogen) atoms. The first-order valence-electron chi connectivity index (χ1n) is 8.94. The second-order valence-corrected chi connectivity index (χ2v) is 6.91. The van der Waals surface area contributed by atoms with Crippen molar-refractivity contribution in [3.63, 3.8) is 0 Å². The number of hydrogen-bond acceptors (Lipinski definition) is 4. The van der Waals surface area contributed by atoms with Gasteiger partial charge in [-0.05, 0) is 42.2 Å². The first kappa shape index (κ1) is 15.3. The number of nitrogens with zero attached hydrogens (tertiary/aromatic N) is 3. The average molecular weight is 344 g/mol. The number of furan rings is 1. The minimum Gasteiger partial charge on any atom is -0.461 e. The number of hydrogen-bond donors (Lipinski definition) is 1. The molecule has 0 saturated carbocycles. The van der Waals surface area contributed by atoms with Gasteiger partial charge >= 0.3 is 0 Å². The van der Waals surface area contributed by atoms with Gasteiger partial charge in [-0.15, -0.1) is 0 Å². The van der Waals surface area contributed by atoms with Crippen molar-refractivity contribution in [1.82, 2.24) is 19.9 Å². The smallest absolute Gasteiger partial charge is 0.195 e. The first-order chi connectivity index (χ1) is 12.8. The zero-order valence-corrected chi connectivity index (χ0v) is 14.7. The van der Waals surface area contributed by atoms with Gasteiger partial charge in [0, 0.05) is 42.9 Å². The fourth-order valence-corrected chi connectivity index (χ4v) is 3.75. The third-order valence-corrected chi connectivity index (χ3v) is 5.17. The van der Waals surface area contributed by atoms with E-state index in [2.05, 4.69) is 46.2 Å². The second kappa shape index (κ2) is 6.11. The van der Waals surface area contributed by atoms with E-state index in [0.717, 1.165) is 37.5 Å². The lowest BCUT2D eigenvalue weighted by molar-refractivity contribution is 0.242. The molecule has 5 nitrogen and oxygen atoms in total. The Labute approximate surface area is 151 Å². The van der Waals surface area contributed by atoms with Crippen molar-refractivity contribution >= 4 is 10.9 Å². The topological polar surface area (TPSA) is 58.0 Å². The molecule has 0 radical (unpaired) electrons. The Kier molecular flexibility index (Phi) is 3.60. The van der Waals surface area contributed by atoms with Crippen LogP contribution in [-0.4, -0.2) is 26.4 Å². The molecule has 0 bridgehead atoms. The molecule has 0 unspecified atom stereocenters. The van der Waals surface area contributed by atoms with Gasteiger partial charge in [0.1, 0.15) is 0 Å². The van der Waals surface area contributed by atoms with Crippen molar-refractivity contribution in [2.75, 3.05) is 6.54 Å². The number of aromatic nitrogens is 3. The summed E-state index contributed by atoms with van der Waals surface area (Å²) in [6.45, 7) is 4.93. The molecule has 4 heterocycles. The van der Waals surface area contributed by atoms with E-state index in [9.17, 15) is 0 Å². The minimum absolute atomic E-state index is 0.665. The maximum absolute atomic E-state index is 5.44. The highest BCUT2D eigenvalue weighted by molar-refractivity contribution is 5.85. The van der Waals surface area contributed by atoms with Crippen molar-refractivity contribution in [2.45, 2.75) is 26.4 Å². The van der Waals surface area contributed by atoms with E-state index in [-0.39, 0.29) is 0 Å².